The van der Waals surface area contributed by atoms with Crippen molar-refractivity contribution in [3.05, 3.63) is 93.3 Å². The van der Waals surface area contributed by atoms with Gasteiger partial charge in [0, 0.05) is 30.8 Å². The first kappa shape index (κ1) is 27.1. The third-order valence-corrected chi connectivity index (χ3v) is 8.19. The van der Waals surface area contributed by atoms with Crippen molar-refractivity contribution in [3.8, 4) is 11.1 Å². The van der Waals surface area contributed by atoms with E-state index in [-0.39, 0.29) is 29.8 Å². The molecule has 3 heterocycles. The number of nitrogens with zero attached hydrogens (tertiary/aromatic N) is 3. The molecule has 1 saturated carbocycles. The molecule has 2 fully saturated rings. The van der Waals surface area contributed by atoms with Crippen LogP contribution in [0.2, 0.25) is 5.28 Å². The number of aryl methyl sites for hydroxylation is 2. The van der Waals surface area contributed by atoms with Crippen LogP contribution in [0.25, 0.3) is 22.0 Å². The number of fused-ring (bicyclic) bond motifs is 1. The van der Waals surface area contributed by atoms with Crippen LogP contribution in [-0.4, -0.2) is 40.1 Å². The van der Waals surface area contributed by atoms with Gasteiger partial charge in [0.15, 0.2) is 11.9 Å². The number of rotatable bonds is 8. The summed E-state index contributed by atoms with van der Waals surface area (Å²) in [6.07, 6.45) is 7.68. The Morgan fingerprint density at radius 2 is 1.85 bits per heavy atom. The summed E-state index contributed by atoms with van der Waals surface area (Å²) in [6.45, 7) is 2.75. The monoisotopic (exact) mass is 559 g/mol. The Bertz CT molecular complexity index is 1540. The molecule has 6 rings (SSSR count). The lowest BCUT2D eigenvalue weighted by atomic mass is 9.85. The van der Waals surface area contributed by atoms with Crippen molar-refractivity contribution in [2.24, 2.45) is 7.05 Å². The first-order chi connectivity index (χ1) is 19.4. The molecule has 0 radical (unpaired) electrons. The van der Waals surface area contributed by atoms with Crippen LogP contribution in [0.5, 0.6) is 0 Å². The molecule has 2 aromatic heterocycles. The number of aromatic nitrogens is 3. The van der Waals surface area contributed by atoms with Crippen LogP contribution in [0.1, 0.15) is 55.3 Å². The van der Waals surface area contributed by atoms with Crippen LogP contribution < -0.4 is 5.56 Å². The fraction of sp³-hybridized carbons (Fsp3) is 0.406. The maximum atomic E-state index is 12.4. The topological polar surface area (TPSA) is 75.5 Å². The van der Waals surface area contributed by atoms with Gasteiger partial charge in [-0.1, -0.05) is 36.4 Å². The Labute approximate surface area is 239 Å². The average molecular weight is 560 g/mol. The lowest BCUT2D eigenvalue weighted by Gasteiger charge is -2.41. The van der Waals surface area contributed by atoms with E-state index < -0.39 is 5.60 Å². The van der Waals surface area contributed by atoms with E-state index in [1.54, 1.807) is 11.6 Å². The van der Waals surface area contributed by atoms with Gasteiger partial charge in [-0.3, -0.25) is 4.79 Å². The molecule has 0 N–H and O–H groups in total. The van der Waals surface area contributed by atoms with Gasteiger partial charge in [-0.05, 0) is 91.9 Å². The number of ether oxygens (including phenoxy) is 3. The average Bonchev–Trinajstić information content (AvgIpc) is 2.95. The van der Waals surface area contributed by atoms with E-state index in [1.165, 1.54) is 0 Å². The summed E-state index contributed by atoms with van der Waals surface area (Å²) in [4.78, 5) is 21.8. The molecule has 40 heavy (non-hydrogen) atoms. The highest BCUT2D eigenvalue weighted by Crippen LogP contribution is 2.42. The molecule has 208 valence electrons. The van der Waals surface area contributed by atoms with Gasteiger partial charge < -0.3 is 18.8 Å². The van der Waals surface area contributed by atoms with E-state index in [4.69, 9.17) is 30.8 Å². The summed E-state index contributed by atoms with van der Waals surface area (Å²) in [5.41, 5.74) is 3.83. The number of halogens is 1. The molecule has 7 nitrogen and oxygen atoms in total. The van der Waals surface area contributed by atoms with Crippen LogP contribution in [0.4, 0.5) is 0 Å². The molecule has 1 aliphatic carbocycles. The van der Waals surface area contributed by atoms with Crippen LogP contribution in [0, 0.1) is 6.92 Å². The summed E-state index contributed by atoms with van der Waals surface area (Å²) in [5.74, 6) is 0. The van der Waals surface area contributed by atoms with Gasteiger partial charge in [0.1, 0.15) is 0 Å². The molecule has 0 bridgehead atoms. The largest absolute Gasteiger partial charge is 0.358 e. The summed E-state index contributed by atoms with van der Waals surface area (Å²) in [7, 11) is 1.77. The molecular formula is C32H34ClN3O4. The highest BCUT2D eigenvalue weighted by molar-refractivity contribution is 6.28. The van der Waals surface area contributed by atoms with Crippen molar-refractivity contribution in [2.75, 3.05) is 13.2 Å². The van der Waals surface area contributed by atoms with E-state index in [0.29, 0.717) is 23.4 Å². The van der Waals surface area contributed by atoms with Crippen molar-refractivity contribution in [3.63, 3.8) is 0 Å². The summed E-state index contributed by atoms with van der Waals surface area (Å²) in [5, 5.41) is 0.976. The third-order valence-electron chi connectivity index (χ3n) is 8.02. The first-order valence-corrected chi connectivity index (χ1v) is 14.4. The smallest absolute Gasteiger partial charge is 0.253 e. The van der Waals surface area contributed by atoms with Crippen molar-refractivity contribution < 1.29 is 14.2 Å². The van der Waals surface area contributed by atoms with E-state index >= 15 is 0 Å². The summed E-state index contributed by atoms with van der Waals surface area (Å²) in [6, 6.07) is 18.1. The third kappa shape index (κ3) is 5.31. The summed E-state index contributed by atoms with van der Waals surface area (Å²) >= 11 is 6.59. The molecule has 4 aromatic rings. The molecule has 2 aliphatic rings. The standard InChI is InChI=1S/C32H34ClN3O4/c1-21-17-23(19-36(2)30(21)37)22-14-15-27-26(18-22)29(35-31(33)34-27)32(40-25-11-8-12-25,24-9-4-3-5-10-24)20-39-28-13-6-7-16-38-28/h3-5,9-10,14-15,17-19,25,28H,6-8,11-13,16,20H2,1-2H3. The Hall–Kier alpha value is -3.10. The van der Waals surface area contributed by atoms with E-state index in [9.17, 15) is 4.79 Å². The minimum atomic E-state index is -1.03. The van der Waals surface area contributed by atoms with Crippen molar-refractivity contribution in [1.29, 1.82) is 0 Å². The Kier molecular flexibility index (Phi) is 7.73. The zero-order valence-corrected chi connectivity index (χ0v) is 23.7. The van der Waals surface area contributed by atoms with Crippen molar-refractivity contribution in [1.82, 2.24) is 14.5 Å². The van der Waals surface area contributed by atoms with Gasteiger partial charge in [-0.25, -0.2) is 9.97 Å². The lowest BCUT2D eigenvalue weighted by molar-refractivity contribution is -0.209. The zero-order chi connectivity index (χ0) is 27.7. The van der Waals surface area contributed by atoms with Crippen LogP contribution >= 0.6 is 11.6 Å². The zero-order valence-electron chi connectivity index (χ0n) is 22.9. The molecule has 1 saturated heterocycles. The minimum absolute atomic E-state index is 0.0144. The van der Waals surface area contributed by atoms with Crippen molar-refractivity contribution >= 4 is 22.5 Å². The number of hydrogen-bond donors (Lipinski definition) is 0. The maximum Gasteiger partial charge on any atom is 0.253 e. The molecule has 8 heteroatoms. The second kappa shape index (κ2) is 11.4. The minimum Gasteiger partial charge on any atom is -0.358 e. The predicted octanol–water partition coefficient (Wildman–Crippen LogP) is 6.31. The van der Waals surface area contributed by atoms with Crippen LogP contribution in [0.15, 0.2) is 65.6 Å². The molecular weight excluding hydrogens is 526 g/mol. The van der Waals surface area contributed by atoms with Crippen molar-refractivity contribution in [2.45, 2.75) is 63.4 Å². The molecule has 1 aliphatic heterocycles. The van der Waals surface area contributed by atoms with E-state index in [2.05, 4.69) is 23.2 Å². The highest BCUT2D eigenvalue weighted by Gasteiger charge is 2.43. The first-order valence-electron chi connectivity index (χ1n) is 14.0. The van der Waals surface area contributed by atoms with Gasteiger partial charge in [-0.15, -0.1) is 0 Å². The molecule has 2 atom stereocenters. The van der Waals surface area contributed by atoms with Gasteiger partial charge >= 0.3 is 0 Å². The van der Waals surface area contributed by atoms with Gasteiger partial charge in [0.05, 0.1) is 23.9 Å². The normalized spacial score (nSPS) is 19.3. The fourth-order valence-electron chi connectivity index (χ4n) is 5.60. The van der Waals surface area contributed by atoms with E-state index in [1.807, 2.05) is 49.5 Å². The fourth-order valence-corrected chi connectivity index (χ4v) is 5.78. The predicted molar refractivity (Wildman–Crippen MR) is 155 cm³/mol. The molecule has 0 amide bonds. The van der Waals surface area contributed by atoms with Gasteiger partial charge in [0.2, 0.25) is 5.28 Å². The number of hydrogen-bond acceptors (Lipinski definition) is 6. The Balaban J connectivity index is 1.55. The van der Waals surface area contributed by atoms with Gasteiger partial charge in [0.25, 0.3) is 5.56 Å². The lowest BCUT2D eigenvalue weighted by Crippen LogP contribution is -2.44. The number of benzene rings is 2. The van der Waals surface area contributed by atoms with Gasteiger partial charge in [-0.2, -0.15) is 0 Å². The van der Waals surface area contributed by atoms with E-state index in [0.717, 1.165) is 60.6 Å². The number of pyridine rings is 1. The molecule has 2 unspecified atom stereocenters. The second-order valence-corrected chi connectivity index (χ2v) is 11.2. The Morgan fingerprint density at radius 3 is 2.55 bits per heavy atom. The van der Waals surface area contributed by atoms with Crippen LogP contribution in [0.3, 0.4) is 0 Å². The second-order valence-electron chi connectivity index (χ2n) is 10.9. The summed E-state index contributed by atoms with van der Waals surface area (Å²) < 4.78 is 21.1. The maximum absolute atomic E-state index is 12.4. The SMILES string of the molecule is Cc1cc(-c2ccc3nc(Cl)nc(C(COC4CCCCO4)(OC4CCC4)c4ccccc4)c3c2)cn(C)c1=O. The quantitative estimate of drug-likeness (QED) is 0.235. The molecule has 2 aromatic carbocycles. The Morgan fingerprint density at radius 1 is 1.02 bits per heavy atom. The highest BCUT2D eigenvalue weighted by atomic mass is 35.5. The molecule has 0 spiro atoms. The van der Waals surface area contributed by atoms with Crippen LogP contribution in [-0.2, 0) is 26.9 Å².